The number of hydrogen-bond acceptors (Lipinski definition) is 5. The lowest BCUT2D eigenvalue weighted by Crippen LogP contribution is -2.11. The molecule has 1 aromatic heterocycles. The van der Waals surface area contributed by atoms with Gasteiger partial charge < -0.3 is 10.6 Å². The highest BCUT2D eigenvalue weighted by molar-refractivity contribution is 5.95. The molecule has 0 atom stereocenters. The van der Waals surface area contributed by atoms with Crippen LogP contribution in [0, 0.1) is 0 Å². The first-order chi connectivity index (χ1) is 9.54. The Hall–Kier alpha value is -2.43. The third kappa shape index (κ3) is 3.78. The Morgan fingerprint density at radius 1 is 1.15 bits per heavy atom. The van der Waals surface area contributed by atoms with Gasteiger partial charge in [0.15, 0.2) is 5.78 Å². The normalized spacial score (nSPS) is 10.4. The fourth-order valence-corrected chi connectivity index (χ4v) is 1.76. The summed E-state index contributed by atoms with van der Waals surface area (Å²) in [6, 6.07) is 9.47. The lowest BCUT2D eigenvalue weighted by atomic mass is 10.1. The Kier molecular flexibility index (Phi) is 4.30. The van der Waals surface area contributed by atoms with Gasteiger partial charge in [-0.1, -0.05) is 12.1 Å². The third-order valence-corrected chi connectivity index (χ3v) is 2.65. The highest BCUT2D eigenvalue weighted by Gasteiger charge is 2.03. The smallest absolute Gasteiger partial charge is 0.159 e. The molecule has 1 heterocycles. The topological polar surface area (TPSA) is 66.9 Å². The minimum Gasteiger partial charge on any atom is -0.368 e. The van der Waals surface area contributed by atoms with E-state index in [2.05, 4.69) is 20.6 Å². The molecule has 0 saturated carbocycles. The Bertz CT molecular complexity index is 610. The number of anilines is 3. The Labute approximate surface area is 118 Å². The molecule has 0 fully saturated rings. The van der Waals surface area contributed by atoms with Crippen molar-refractivity contribution in [2.45, 2.75) is 26.8 Å². The fourth-order valence-electron chi connectivity index (χ4n) is 1.76. The first kappa shape index (κ1) is 14.0. The van der Waals surface area contributed by atoms with Crippen molar-refractivity contribution in [3.63, 3.8) is 0 Å². The molecule has 2 rings (SSSR count). The molecule has 5 heteroatoms. The quantitative estimate of drug-likeness (QED) is 0.816. The largest absolute Gasteiger partial charge is 0.368 e. The monoisotopic (exact) mass is 270 g/mol. The van der Waals surface area contributed by atoms with Crippen molar-refractivity contribution in [1.29, 1.82) is 0 Å². The molecular weight excluding hydrogens is 252 g/mol. The van der Waals surface area contributed by atoms with E-state index in [1.165, 1.54) is 6.33 Å². The molecule has 0 aliphatic rings. The first-order valence-corrected chi connectivity index (χ1v) is 6.51. The number of Topliss-reactive ketones (excluding diaryl/α,β-unsaturated/α-hetero) is 1. The summed E-state index contributed by atoms with van der Waals surface area (Å²) in [4.78, 5) is 19.7. The zero-order chi connectivity index (χ0) is 14.5. The van der Waals surface area contributed by atoms with Gasteiger partial charge in [0.05, 0.1) is 0 Å². The third-order valence-electron chi connectivity index (χ3n) is 2.65. The highest BCUT2D eigenvalue weighted by Crippen LogP contribution is 2.18. The van der Waals surface area contributed by atoms with Crippen molar-refractivity contribution in [2.75, 3.05) is 10.6 Å². The van der Waals surface area contributed by atoms with Crippen molar-refractivity contribution < 1.29 is 4.79 Å². The summed E-state index contributed by atoms with van der Waals surface area (Å²) in [5.74, 6) is 1.49. The van der Waals surface area contributed by atoms with Crippen LogP contribution in [0.4, 0.5) is 17.3 Å². The minimum atomic E-state index is 0.0403. The van der Waals surface area contributed by atoms with Gasteiger partial charge in [-0.2, -0.15) is 0 Å². The first-order valence-electron chi connectivity index (χ1n) is 6.51. The summed E-state index contributed by atoms with van der Waals surface area (Å²) >= 11 is 0. The van der Waals surface area contributed by atoms with Crippen molar-refractivity contribution in [3.05, 3.63) is 42.2 Å². The van der Waals surface area contributed by atoms with E-state index in [9.17, 15) is 4.79 Å². The predicted molar refractivity (Wildman–Crippen MR) is 80.5 cm³/mol. The van der Waals surface area contributed by atoms with Crippen LogP contribution in [0.1, 0.15) is 31.1 Å². The predicted octanol–water partition coefficient (Wildman–Crippen LogP) is 3.24. The lowest BCUT2D eigenvalue weighted by Gasteiger charge is -2.11. The summed E-state index contributed by atoms with van der Waals surface area (Å²) in [5.41, 5.74) is 1.50. The summed E-state index contributed by atoms with van der Waals surface area (Å²) in [6.07, 6.45) is 1.50. The van der Waals surface area contributed by atoms with E-state index in [1.54, 1.807) is 19.1 Å². The van der Waals surface area contributed by atoms with Crippen LogP contribution < -0.4 is 10.6 Å². The van der Waals surface area contributed by atoms with E-state index in [1.807, 2.05) is 32.0 Å². The number of benzene rings is 1. The molecule has 20 heavy (non-hydrogen) atoms. The number of nitrogens with zero attached hydrogens (tertiary/aromatic N) is 2. The van der Waals surface area contributed by atoms with Crippen molar-refractivity contribution in [3.8, 4) is 0 Å². The maximum atomic E-state index is 11.4. The van der Waals surface area contributed by atoms with E-state index >= 15 is 0 Å². The van der Waals surface area contributed by atoms with E-state index in [0.29, 0.717) is 17.4 Å². The van der Waals surface area contributed by atoms with Crippen LogP contribution in [-0.4, -0.2) is 21.8 Å². The lowest BCUT2D eigenvalue weighted by molar-refractivity contribution is 0.101. The van der Waals surface area contributed by atoms with Gasteiger partial charge in [-0.25, -0.2) is 9.97 Å². The van der Waals surface area contributed by atoms with Crippen molar-refractivity contribution >= 4 is 23.1 Å². The molecule has 0 amide bonds. The molecule has 1 aromatic carbocycles. The van der Waals surface area contributed by atoms with Gasteiger partial charge in [0.2, 0.25) is 0 Å². The molecule has 0 spiro atoms. The van der Waals surface area contributed by atoms with Crippen LogP contribution in [0.2, 0.25) is 0 Å². The van der Waals surface area contributed by atoms with Gasteiger partial charge in [-0.15, -0.1) is 0 Å². The molecule has 104 valence electrons. The van der Waals surface area contributed by atoms with Crippen LogP contribution in [0.5, 0.6) is 0 Å². The summed E-state index contributed by atoms with van der Waals surface area (Å²) in [6.45, 7) is 5.64. The van der Waals surface area contributed by atoms with Gasteiger partial charge in [-0.05, 0) is 32.9 Å². The average Bonchev–Trinajstić information content (AvgIpc) is 2.38. The summed E-state index contributed by atoms with van der Waals surface area (Å²) in [5, 5.41) is 6.38. The van der Waals surface area contributed by atoms with Crippen molar-refractivity contribution in [2.24, 2.45) is 0 Å². The average molecular weight is 270 g/mol. The molecule has 2 N–H and O–H groups in total. The second-order valence-electron chi connectivity index (χ2n) is 4.85. The molecule has 0 aliphatic heterocycles. The summed E-state index contributed by atoms with van der Waals surface area (Å²) in [7, 11) is 0. The van der Waals surface area contributed by atoms with Gasteiger partial charge in [0, 0.05) is 23.4 Å². The highest BCUT2D eigenvalue weighted by atomic mass is 16.1. The van der Waals surface area contributed by atoms with E-state index < -0.39 is 0 Å². The zero-order valence-electron chi connectivity index (χ0n) is 11.8. The molecular formula is C15H18N4O. The number of rotatable bonds is 5. The second-order valence-corrected chi connectivity index (χ2v) is 4.85. The number of carbonyl (C=O) groups excluding carboxylic acids is 1. The second kappa shape index (κ2) is 6.14. The number of carbonyl (C=O) groups is 1. The maximum Gasteiger partial charge on any atom is 0.159 e. The molecule has 0 bridgehead atoms. The Morgan fingerprint density at radius 3 is 2.60 bits per heavy atom. The SMILES string of the molecule is CC(=O)c1cccc(Nc2cc(NC(C)C)ncn2)c1. The van der Waals surface area contributed by atoms with E-state index in [0.717, 1.165) is 11.5 Å². The van der Waals surface area contributed by atoms with E-state index in [4.69, 9.17) is 0 Å². The van der Waals surface area contributed by atoms with Crippen LogP contribution in [0.15, 0.2) is 36.7 Å². The van der Waals surface area contributed by atoms with Gasteiger partial charge in [0.25, 0.3) is 0 Å². The molecule has 0 aliphatic carbocycles. The molecule has 2 aromatic rings. The molecule has 0 saturated heterocycles. The van der Waals surface area contributed by atoms with Gasteiger partial charge in [0.1, 0.15) is 18.0 Å². The van der Waals surface area contributed by atoms with Crippen LogP contribution in [0.25, 0.3) is 0 Å². The van der Waals surface area contributed by atoms with Gasteiger partial charge >= 0.3 is 0 Å². The van der Waals surface area contributed by atoms with Crippen LogP contribution in [0.3, 0.4) is 0 Å². The van der Waals surface area contributed by atoms with E-state index in [-0.39, 0.29) is 5.78 Å². The zero-order valence-corrected chi connectivity index (χ0v) is 11.8. The summed E-state index contributed by atoms with van der Waals surface area (Å²) < 4.78 is 0. The number of ketones is 1. The maximum absolute atomic E-state index is 11.4. The molecule has 0 unspecified atom stereocenters. The fraction of sp³-hybridized carbons (Fsp3) is 0.267. The Balaban J connectivity index is 2.17. The number of aromatic nitrogens is 2. The number of nitrogens with one attached hydrogen (secondary N) is 2. The minimum absolute atomic E-state index is 0.0403. The molecule has 0 radical (unpaired) electrons. The number of hydrogen-bond donors (Lipinski definition) is 2. The Morgan fingerprint density at radius 2 is 1.90 bits per heavy atom. The van der Waals surface area contributed by atoms with Crippen molar-refractivity contribution in [1.82, 2.24) is 9.97 Å². The molecule has 5 nitrogen and oxygen atoms in total. The van der Waals surface area contributed by atoms with Gasteiger partial charge in [-0.3, -0.25) is 4.79 Å². The van der Waals surface area contributed by atoms with Crippen LogP contribution >= 0.6 is 0 Å². The van der Waals surface area contributed by atoms with Crippen LogP contribution in [-0.2, 0) is 0 Å². The standard InChI is InChI=1S/C15H18N4O/c1-10(2)18-14-8-15(17-9-16-14)19-13-6-4-5-12(7-13)11(3)20/h4-10H,1-3H3,(H2,16,17,18,19).